The lowest BCUT2D eigenvalue weighted by Crippen LogP contribution is -2.02. The average molecular weight is 477 g/mol. The van der Waals surface area contributed by atoms with E-state index >= 15 is 0 Å². The van der Waals surface area contributed by atoms with Gasteiger partial charge in [-0.2, -0.15) is 5.10 Å². The molecule has 140 valence electrons. The molecule has 5 nitrogen and oxygen atoms in total. The number of pyridine rings is 1. The Kier molecular flexibility index (Phi) is 4.87. The summed E-state index contributed by atoms with van der Waals surface area (Å²) in [4.78, 5) is 16.5. The van der Waals surface area contributed by atoms with Crippen LogP contribution in [0.3, 0.4) is 0 Å². The molecule has 0 aliphatic carbocycles. The number of aromatic nitrogens is 3. The van der Waals surface area contributed by atoms with Crippen LogP contribution in [0.5, 0.6) is 0 Å². The molecule has 1 N–H and O–H groups in total. The predicted molar refractivity (Wildman–Crippen MR) is 114 cm³/mol. The van der Waals surface area contributed by atoms with Crippen LogP contribution in [0.15, 0.2) is 53.1 Å². The van der Waals surface area contributed by atoms with E-state index in [0.717, 1.165) is 10.2 Å². The lowest BCUT2D eigenvalue weighted by Gasteiger charge is -2.10. The van der Waals surface area contributed by atoms with Gasteiger partial charge in [-0.05, 0) is 43.3 Å². The molecule has 0 fully saturated rings. The Morgan fingerprint density at radius 3 is 2.54 bits per heavy atom. The maximum Gasteiger partial charge on any atom is 0.336 e. The highest BCUT2D eigenvalue weighted by Crippen LogP contribution is 2.33. The summed E-state index contributed by atoms with van der Waals surface area (Å²) in [6, 6.07) is 12.1. The van der Waals surface area contributed by atoms with Gasteiger partial charge in [-0.25, -0.2) is 14.5 Å². The third-order valence-corrected chi connectivity index (χ3v) is 5.54. The lowest BCUT2D eigenvalue weighted by molar-refractivity contribution is 0.0699. The highest BCUT2D eigenvalue weighted by Gasteiger charge is 2.19. The fourth-order valence-electron chi connectivity index (χ4n) is 3.09. The minimum Gasteiger partial charge on any atom is -0.478 e. The number of carboxylic acids is 1. The van der Waals surface area contributed by atoms with Crippen molar-refractivity contribution in [2.45, 2.75) is 6.92 Å². The van der Waals surface area contributed by atoms with E-state index in [1.807, 2.05) is 13.0 Å². The van der Waals surface area contributed by atoms with Crippen molar-refractivity contribution < 1.29 is 9.90 Å². The van der Waals surface area contributed by atoms with Gasteiger partial charge in [0.15, 0.2) is 0 Å². The molecule has 28 heavy (non-hydrogen) atoms. The van der Waals surface area contributed by atoms with Crippen molar-refractivity contribution >= 4 is 56.0 Å². The number of hydrogen-bond donors (Lipinski definition) is 1. The number of nitrogens with zero attached hydrogens (tertiary/aromatic N) is 3. The Bertz CT molecular complexity index is 1230. The van der Waals surface area contributed by atoms with E-state index < -0.39 is 5.97 Å². The van der Waals surface area contributed by atoms with E-state index in [9.17, 15) is 9.90 Å². The molecule has 0 saturated heterocycles. The summed E-state index contributed by atoms with van der Waals surface area (Å²) in [7, 11) is 0. The van der Waals surface area contributed by atoms with Gasteiger partial charge in [0.1, 0.15) is 5.69 Å². The summed E-state index contributed by atoms with van der Waals surface area (Å²) in [6.45, 7) is 1.86. The first-order valence-electron chi connectivity index (χ1n) is 8.20. The van der Waals surface area contributed by atoms with Crippen molar-refractivity contribution in [2.75, 3.05) is 0 Å². The van der Waals surface area contributed by atoms with Crippen LogP contribution in [0.4, 0.5) is 0 Å². The third-order valence-electron chi connectivity index (χ3n) is 4.44. The molecule has 4 rings (SSSR count). The minimum absolute atomic E-state index is 0.171. The van der Waals surface area contributed by atoms with E-state index in [-0.39, 0.29) is 5.56 Å². The molecule has 8 heteroatoms. The van der Waals surface area contributed by atoms with Crippen LogP contribution in [0.25, 0.3) is 27.8 Å². The van der Waals surface area contributed by atoms with Gasteiger partial charge >= 0.3 is 5.97 Å². The van der Waals surface area contributed by atoms with Crippen LogP contribution in [0, 0.1) is 6.92 Å². The fourth-order valence-corrected chi connectivity index (χ4v) is 4.01. The van der Waals surface area contributed by atoms with Gasteiger partial charge in [0, 0.05) is 15.4 Å². The quantitative estimate of drug-likeness (QED) is 0.384. The fraction of sp³-hybridized carbons (Fsp3) is 0.0500. The van der Waals surface area contributed by atoms with Gasteiger partial charge in [-0.15, -0.1) is 0 Å². The molecule has 0 amide bonds. The first-order valence-corrected chi connectivity index (χ1v) is 9.74. The van der Waals surface area contributed by atoms with Crippen LogP contribution >= 0.6 is 39.1 Å². The molecule has 0 bridgehead atoms. The number of benzene rings is 2. The first kappa shape index (κ1) is 18.9. The molecule has 0 saturated carbocycles. The second-order valence-corrected chi connectivity index (χ2v) is 7.88. The van der Waals surface area contributed by atoms with Crippen LogP contribution in [0.1, 0.15) is 16.1 Å². The zero-order valence-electron chi connectivity index (χ0n) is 14.4. The molecule has 0 atom stereocenters. The molecule has 0 spiro atoms. The van der Waals surface area contributed by atoms with Crippen molar-refractivity contribution in [1.29, 1.82) is 0 Å². The largest absolute Gasteiger partial charge is 0.478 e. The summed E-state index contributed by atoms with van der Waals surface area (Å²) < 4.78 is 2.42. The first-order chi connectivity index (χ1) is 13.4. The van der Waals surface area contributed by atoms with Gasteiger partial charge < -0.3 is 5.11 Å². The van der Waals surface area contributed by atoms with E-state index in [2.05, 4.69) is 26.0 Å². The Balaban J connectivity index is 1.94. The van der Waals surface area contributed by atoms with Crippen molar-refractivity contribution in [3.05, 3.63) is 74.4 Å². The van der Waals surface area contributed by atoms with Crippen LogP contribution < -0.4 is 0 Å². The van der Waals surface area contributed by atoms with E-state index in [0.29, 0.717) is 37.9 Å². The number of rotatable bonds is 3. The molecule has 0 aliphatic heterocycles. The van der Waals surface area contributed by atoms with Crippen molar-refractivity contribution in [2.24, 2.45) is 0 Å². The molecule has 0 aliphatic rings. The summed E-state index contributed by atoms with van der Waals surface area (Å²) in [5.41, 5.74) is 3.28. The molecular formula is C20H12BrCl2N3O2. The summed E-state index contributed by atoms with van der Waals surface area (Å²) in [6.07, 6.45) is 1.63. The lowest BCUT2D eigenvalue weighted by atomic mass is 10.0. The van der Waals surface area contributed by atoms with Gasteiger partial charge in [-0.1, -0.05) is 45.2 Å². The number of carbonyl (C=O) groups is 1. The second-order valence-electron chi connectivity index (χ2n) is 6.15. The van der Waals surface area contributed by atoms with Crippen LogP contribution in [0.2, 0.25) is 10.0 Å². The van der Waals surface area contributed by atoms with Crippen LogP contribution in [-0.4, -0.2) is 25.8 Å². The molecular weight excluding hydrogens is 465 g/mol. The smallest absolute Gasteiger partial charge is 0.336 e. The summed E-state index contributed by atoms with van der Waals surface area (Å²) in [5, 5.41) is 15.6. The van der Waals surface area contributed by atoms with Gasteiger partial charge in [0.05, 0.1) is 38.7 Å². The average Bonchev–Trinajstić information content (AvgIpc) is 3.02. The highest BCUT2D eigenvalue weighted by molar-refractivity contribution is 9.10. The van der Waals surface area contributed by atoms with Crippen molar-refractivity contribution in [3.63, 3.8) is 0 Å². The number of para-hydroxylation sites is 1. The Morgan fingerprint density at radius 2 is 1.86 bits per heavy atom. The Labute approximate surface area is 178 Å². The normalized spacial score (nSPS) is 11.1. The maximum atomic E-state index is 11.8. The Morgan fingerprint density at radius 1 is 1.14 bits per heavy atom. The molecule has 2 heterocycles. The number of carboxylic acid groups (broad SMARTS) is 1. The van der Waals surface area contributed by atoms with Crippen molar-refractivity contribution in [3.8, 4) is 16.9 Å². The number of fused-ring (bicyclic) bond motifs is 1. The second kappa shape index (κ2) is 7.20. The summed E-state index contributed by atoms with van der Waals surface area (Å²) >= 11 is 16.0. The van der Waals surface area contributed by atoms with Gasteiger partial charge in [0.2, 0.25) is 0 Å². The van der Waals surface area contributed by atoms with Gasteiger partial charge in [-0.3, -0.25) is 0 Å². The molecule has 2 aromatic heterocycles. The minimum atomic E-state index is -1.02. The van der Waals surface area contributed by atoms with Crippen LogP contribution in [-0.2, 0) is 0 Å². The van der Waals surface area contributed by atoms with E-state index in [1.165, 1.54) is 0 Å². The summed E-state index contributed by atoms with van der Waals surface area (Å²) in [5.74, 6) is -1.02. The molecule has 4 aromatic rings. The topological polar surface area (TPSA) is 68.0 Å². The maximum absolute atomic E-state index is 11.8. The zero-order chi connectivity index (χ0) is 20.0. The highest BCUT2D eigenvalue weighted by atomic mass is 79.9. The molecule has 0 radical (unpaired) electrons. The molecule has 2 aromatic carbocycles. The van der Waals surface area contributed by atoms with E-state index in [1.54, 1.807) is 47.3 Å². The molecule has 0 unspecified atom stereocenters. The standard InChI is InChI=1S/C20H12BrCl2N3O2/c1-10-14(9-24-26(10)19-15(22)3-2-4-16(19)23)18-8-13(20(27)28)12-7-11(21)5-6-17(12)25-18/h2-9H,1H3,(H,27,28). The number of hydrogen-bond acceptors (Lipinski definition) is 3. The Hall–Kier alpha value is -2.41. The van der Waals surface area contributed by atoms with E-state index in [4.69, 9.17) is 23.2 Å². The SMILES string of the molecule is Cc1c(-c2cc(C(=O)O)c3cc(Br)ccc3n2)cnn1-c1c(Cl)cccc1Cl. The number of aromatic carboxylic acids is 1. The zero-order valence-corrected chi connectivity index (χ0v) is 17.5. The third kappa shape index (κ3) is 3.17. The van der Waals surface area contributed by atoms with Crippen molar-refractivity contribution in [1.82, 2.24) is 14.8 Å². The van der Waals surface area contributed by atoms with Gasteiger partial charge in [0.25, 0.3) is 0 Å². The number of halogens is 3. The monoisotopic (exact) mass is 475 g/mol. The predicted octanol–water partition coefficient (Wildman–Crippen LogP) is 6.16.